The monoisotopic (exact) mass is 419 g/mol. The minimum absolute atomic E-state index is 0.0340. The van der Waals surface area contributed by atoms with Crippen LogP contribution in [0.4, 0.5) is 5.95 Å². The summed E-state index contributed by atoms with van der Waals surface area (Å²) in [6.07, 6.45) is 2.67. The third-order valence-corrected chi connectivity index (χ3v) is 5.07. The molecule has 3 aromatic carbocycles. The molecule has 0 aliphatic rings. The highest BCUT2D eigenvalue weighted by Crippen LogP contribution is 2.21. The van der Waals surface area contributed by atoms with Crippen molar-refractivity contribution in [3.63, 3.8) is 0 Å². The summed E-state index contributed by atoms with van der Waals surface area (Å²) in [5, 5.41) is 13.5. The Bertz CT molecular complexity index is 1330. The Balaban J connectivity index is 1.51. The molecule has 0 saturated heterocycles. The molecule has 6 heteroatoms. The second kappa shape index (κ2) is 9.54. The number of aromatic amines is 1. The molecule has 0 aliphatic carbocycles. The Labute approximate surface area is 185 Å². The maximum atomic E-state index is 12.3. The molecule has 0 fully saturated rings. The van der Waals surface area contributed by atoms with Crippen LogP contribution >= 0.6 is 0 Å². The maximum Gasteiger partial charge on any atom is 0.270 e. The van der Waals surface area contributed by atoms with Crippen molar-refractivity contribution in [1.82, 2.24) is 9.97 Å². The van der Waals surface area contributed by atoms with E-state index < -0.39 is 5.56 Å². The molecule has 0 atom stereocenters. The van der Waals surface area contributed by atoms with Gasteiger partial charge in [0.1, 0.15) is 11.6 Å². The molecule has 0 unspecified atom stereocenters. The number of hydrogen-bond acceptors (Lipinski definition) is 5. The number of nitriles is 1. The van der Waals surface area contributed by atoms with E-state index in [0.717, 1.165) is 23.1 Å². The van der Waals surface area contributed by atoms with Gasteiger partial charge in [-0.15, -0.1) is 0 Å². The number of hydrazone groups is 1. The topological polar surface area (TPSA) is 93.9 Å². The smallest absolute Gasteiger partial charge is 0.270 e. The van der Waals surface area contributed by atoms with Crippen LogP contribution < -0.4 is 11.0 Å². The van der Waals surface area contributed by atoms with Crippen molar-refractivity contribution >= 4 is 12.2 Å². The Morgan fingerprint density at radius 3 is 2.25 bits per heavy atom. The fourth-order valence-corrected chi connectivity index (χ4v) is 3.30. The molecule has 0 bridgehead atoms. The summed E-state index contributed by atoms with van der Waals surface area (Å²) in [5.74, 6) is 0.164. The van der Waals surface area contributed by atoms with E-state index >= 15 is 0 Å². The van der Waals surface area contributed by atoms with Crippen LogP contribution in [0.5, 0.6) is 0 Å². The van der Waals surface area contributed by atoms with Gasteiger partial charge in [-0.2, -0.15) is 10.4 Å². The van der Waals surface area contributed by atoms with Gasteiger partial charge in [-0.1, -0.05) is 85.8 Å². The van der Waals surface area contributed by atoms with Gasteiger partial charge in [-0.25, -0.2) is 10.4 Å². The Morgan fingerprint density at radius 2 is 1.62 bits per heavy atom. The number of aromatic nitrogens is 2. The van der Waals surface area contributed by atoms with Crippen LogP contribution in [0, 0.1) is 11.3 Å². The molecule has 0 saturated carbocycles. The van der Waals surface area contributed by atoms with Crippen LogP contribution in [0.25, 0.3) is 22.4 Å². The standard InChI is InChI=1S/C26H21N5O/c1-2-18-8-12-20(13-9-18)21-14-10-19(11-15-21)17-28-31-26-29-24(22-6-4-3-5-7-22)23(16-27)25(32)30-26/h3-15,17H,2H2,1H3,(H2,29,30,31,32). The molecule has 0 spiro atoms. The quantitative estimate of drug-likeness (QED) is 0.340. The highest BCUT2D eigenvalue weighted by Gasteiger charge is 2.12. The zero-order valence-electron chi connectivity index (χ0n) is 17.5. The van der Waals surface area contributed by atoms with Crippen LogP contribution in [0.1, 0.15) is 23.6 Å². The minimum Gasteiger partial charge on any atom is -0.290 e. The second-order valence-electron chi connectivity index (χ2n) is 7.16. The highest BCUT2D eigenvalue weighted by atomic mass is 16.1. The van der Waals surface area contributed by atoms with Gasteiger partial charge in [-0.3, -0.25) is 9.78 Å². The maximum absolute atomic E-state index is 12.3. The summed E-state index contributed by atoms with van der Waals surface area (Å²) in [5.41, 5.74) is 7.69. The fourth-order valence-electron chi connectivity index (χ4n) is 3.30. The summed E-state index contributed by atoms with van der Waals surface area (Å²) in [4.78, 5) is 19.2. The lowest BCUT2D eigenvalue weighted by atomic mass is 10.0. The first-order valence-electron chi connectivity index (χ1n) is 10.3. The predicted octanol–water partition coefficient (Wildman–Crippen LogP) is 4.98. The fraction of sp³-hybridized carbons (Fsp3) is 0.0769. The number of anilines is 1. The molecule has 2 N–H and O–H groups in total. The number of rotatable bonds is 6. The van der Waals surface area contributed by atoms with Crippen LogP contribution in [0.15, 0.2) is 88.8 Å². The van der Waals surface area contributed by atoms with Crippen LogP contribution in [0.3, 0.4) is 0 Å². The van der Waals surface area contributed by atoms with Gasteiger partial charge < -0.3 is 0 Å². The van der Waals surface area contributed by atoms with Gasteiger partial charge in [-0.05, 0) is 28.7 Å². The molecule has 6 nitrogen and oxygen atoms in total. The van der Waals surface area contributed by atoms with E-state index in [4.69, 9.17) is 0 Å². The van der Waals surface area contributed by atoms with Crippen molar-refractivity contribution in [2.24, 2.45) is 5.10 Å². The van der Waals surface area contributed by atoms with Crippen molar-refractivity contribution in [2.75, 3.05) is 5.43 Å². The molecule has 4 aromatic rings. The molecule has 0 aliphatic heterocycles. The zero-order chi connectivity index (χ0) is 22.3. The first kappa shape index (κ1) is 20.8. The highest BCUT2D eigenvalue weighted by molar-refractivity contribution is 5.81. The first-order chi connectivity index (χ1) is 15.7. The molecule has 156 valence electrons. The van der Waals surface area contributed by atoms with Crippen LogP contribution in [-0.2, 0) is 6.42 Å². The first-order valence-corrected chi connectivity index (χ1v) is 10.3. The van der Waals surface area contributed by atoms with Crippen LogP contribution in [-0.4, -0.2) is 16.2 Å². The lowest BCUT2D eigenvalue weighted by Crippen LogP contribution is -2.16. The molecule has 32 heavy (non-hydrogen) atoms. The number of nitrogens with zero attached hydrogens (tertiary/aromatic N) is 3. The van der Waals surface area contributed by atoms with Crippen molar-refractivity contribution < 1.29 is 0 Å². The van der Waals surface area contributed by atoms with E-state index in [1.165, 1.54) is 5.56 Å². The average molecular weight is 419 g/mol. The van der Waals surface area contributed by atoms with Crippen molar-refractivity contribution in [2.45, 2.75) is 13.3 Å². The second-order valence-corrected chi connectivity index (χ2v) is 7.16. The van der Waals surface area contributed by atoms with Gasteiger partial charge in [0.25, 0.3) is 5.56 Å². The van der Waals surface area contributed by atoms with Gasteiger partial charge in [0.2, 0.25) is 5.95 Å². The summed E-state index contributed by atoms with van der Waals surface area (Å²) >= 11 is 0. The van der Waals surface area contributed by atoms with E-state index in [9.17, 15) is 10.1 Å². The lowest BCUT2D eigenvalue weighted by molar-refractivity contribution is 1.08. The lowest BCUT2D eigenvalue weighted by Gasteiger charge is -2.06. The Morgan fingerprint density at radius 1 is 0.969 bits per heavy atom. The third kappa shape index (κ3) is 4.63. The number of benzene rings is 3. The van der Waals surface area contributed by atoms with Gasteiger partial charge >= 0.3 is 0 Å². The van der Waals surface area contributed by atoms with Crippen molar-refractivity contribution in [3.05, 3.63) is 106 Å². The van der Waals surface area contributed by atoms with Crippen molar-refractivity contribution in [3.8, 4) is 28.5 Å². The van der Waals surface area contributed by atoms with E-state index in [2.05, 4.69) is 51.7 Å². The zero-order valence-corrected chi connectivity index (χ0v) is 17.5. The minimum atomic E-state index is -0.516. The molecule has 0 radical (unpaired) electrons. The van der Waals surface area contributed by atoms with E-state index in [1.54, 1.807) is 18.3 Å². The van der Waals surface area contributed by atoms with E-state index in [0.29, 0.717) is 11.3 Å². The van der Waals surface area contributed by atoms with Gasteiger partial charge in [0, 0.05) is 5.56 Å². The molecule has 4 rings (SSSR count). The summed E-state index contributed by atoms with van der Waals surface area (Å²) < 4.78 is 0. The average Bonchev–Trinajstić information content (AvgIpc) is 2.85. The number of aryl methyl sites for hydroxylation is 1. The molecular weight excluding hydrogens is 398 g/mol. The molecule has 0 amide bonds. The molecular formula is C26H21N5O. The summed E-state index contributed by atoms with van der Waals surface area (Å²) in [6, 6.07) is 27.6. The van der Waals surface area contributed by atoms with Gasteiger partial charge in [0.05, 0.1) is 11.9 Å². The summed E-state index contributed by atoms with van der Waals surface area (Å²) in [7, 11) is 0. The largest absolute Gasteiger partial charge is 0.290 e. The third-order valence-electron chi connectivity index (χ3n) is 5.07. The summed E-state index contributed by atoms with van der Waals surface area (Å²) in [6.45, 7) is 2.14. The molecule has 1 heterocycles. The normalized spacial score (nSPS) is 10.8. The molecule has 1 aromatic heterocycles. The number of H-pyrrole nitrogens is 1. The Kier molecular flexibility index (Phi) is 6.19. The van der Waals surface area contributed by atoms with Crippen molar-refractivity contribution in [1.29, 1.82) is 5.26 Å². The number of hydrogen-bond donors (Lipinski definition) is 2. The van der Waals surface area contributed by atoms with E-state index in [1.807, 2.05) is 48.5 Å². The van der Waals surface area contributed by atoms with E-state index in [-0.39, 0.29) is 11.5 Å². The number of nitrogens with one attached hydrogen (secondary N) is 2. The Hall–Kier alpha value is -4.50. The van der Waals surface area contributed by atoms with Gasteiger partial charge in [0.15, 0.2) is 0 Å². The predicted molar refractivity (Wildman–Crippen MR) is 127 cm³/mol. The SMILES string of the molecule is CCc1ccc(-c2ccc(C=NNc3nc(-c4ccccc4)c(C#N)c(=O)[nH]3)cc2)cc1. The van der Waals surface area contributed by atoms with Crippen LogP contribution in [0.2, 0.25) is 0 Å².